The maximum Gasteiger partial charge on any atom is 0.317 e. The minimum absolute atomic E-state index is 0.0123. The molecule has 0 saturated carbocycles. The second kappa shape index (κ2) is 8.96. The van der Waals surface area contributed by atoms with Crippen molar-refractivity contribution in [3.63, 3.8) is 0 Å². The van der Waals surface area contributed by atoms with Crippen LogP contribution in [0.2, 0.25) is 0 Å². The Labute approximate surface area is 169 Å². The number of benzene rings is 2. The lowest BCUT2D eigenvalue weighted by Gasteiger charge is -2.14. The van der Waals surface area contributed by atoms with Crippen LogP contribution in [-0.4, -0.2) is 48.3 Å². The molecule has 0 bridgehead atoms. The van der Waals surface area contributed by atoms with Gasteiger partial charge in [0.1, 0.15) is 6.61 Å². The molecule has 1 saturated heterocycles. The fourth-order valence-corrected chi connectivity index (χ4v) is 3.63. The quantitative estimate of drug-likeness (QED) is 0.547. The molecule has 4 rings (SSSR count). The number of nitrogens with zero attached hydrogens (tertiary/aromatic N) is 2. The number of para-hydroxylation sites is 2. The molecule has 29 heavy (non-hydrogen) atoms. The third-order valence-corrected chi connectivity index (χ3v) is 5.12. The average Bonchev–Trinajstić information content (AvgIpc) is 3.30. The fraction of sp³-hybridized carbons (Fsp3) is 0.318. The predicted molar refractivity (Wildman–Crippen MR) is 111 cm³/mol. The number of amides is 2. The number of rotatable bonds is 9. The van der Waals surface area contributed by atoms with Crippen molar-refractivity contribution in [1.82, 2.24) is 20.1 Å². The van der Waals surface area contributed by atoms with Crippen LogP contribution in [0.25, 0.3) is 10.9 Å². The number of nitrogens with one attached hydrogen (secondary N) is 2. The molecular weight excluding hydrogens is 371 g/mol. The van der Waals surface area contributed by atoms with E-state index in [-0.39, 0.29) is 17.6 Å². The molecule has 1 fully saturated rings. The van der Waals surface area contributed by atoms with E-state index >= 15 is 0 Å². The lowest BCUT2D eigenvalue weighted by molar-refractivity contribution is 0.217. The standard InChI is InChI=1S/C22H25FN4O2/c23-19-6-2-4-8-21(19)29-14-13-27-16-17(18-5-1-3-7-20(18)27)15-24-9-11-26-12-10-25-22(26)28/h1-8,16,24H,9-15H2,(H,25,28). The average molecular weight is 396 g/mol. The summed E-state index contributed by atoms with van der Waals surface area (Å²) in [6.07, 6.45) is 2.12. The Hall–Kier alpha value is -3.06. The largest absolute Gasteiger partial charge is 0.489 e. The zero-order valence-corrected chi connectivity index (χ0v) is 16.2. The van der Waals surface area contributed by atoms with Crippen LogP contribution in [0.15, 0.2) is 54.7 Å². The Balaban J connectivity index is 1.36. The van der Waals surface area contributed by atoms with Crippen LogP contribution >= 0.6 is 0 Å². The third-order valence-electron chi connectivity index (χ3n) is 5.12. The first-order valence-electron chi connectivity index (χ1n) is 9.90. The van der Waals surface area contributed by atoms with Crippen molar-refractivity contribution in [3.05, 3.63) is 66.1 Å². The number of urea groups is 1. The summed E-state index contributed by atoms with van der Waals surface area (Å²) in [5.74, 6) is -0.0711. The first-order valence-corrected chi connectivity index (χ1v) is 9.90. The zero-order valence-electron chi connectivity index (χ0n) is 16.2. The van der Waals surface area contributed by atoms with Gasteiger partial charge in [0, 0.05) is 49.8 Å². The Kier molecular flexibility index (Phi) is 5.95. The monoisotopic (exact) mass is 396 g/mol. The van der Waals surface area contributed by atoms with E-state index in [4.69, 9.17) is 4.74 Å². The molecule has 2 aromatic carbocycles. The Morgan fingerprint density at radius 3 is 2.76 bits per heavy atom. The van der Waals surface area contributed by atoms with Gasteiger partial charge in [0.2, 0.25) is 0 Å². The second-order valence-electron chi connectivity index (χ2n) is 7.04. The van der Waals surface area contributed by atoms with E-state index in [1.807, 2.05) is 17.0 Å². The summed E-state index contributed by atoms with van der Waals surface area (Å²) in [6.45, 7) is 4.66. The topological polar surface area (TPSA) is 58.5 Å². The smallest absolute Gasteiger partial charge is 0.317 e. The number of ether oxygens (including phenoxy) is 1. The summed E-state index contributed by atoms with van der Waals surface area (Å²) in [5, 5.41) is 7.42. The Morgan fingerprint density at radius 1 is 1.10 bits per heavy atom. The molecule has 3 aromatic rings. The third kappa shape index (κ3) is 4.51. The van der Waals surface area contributed by atoms with Crippen LogP contribution in [-0.2, 0) is 13.1 Å². The highest BCUT2D eigenvalue weighted by Gasteiger charge is 2.18. The molecule has 6 nitrogen and oxygen atoms in total. The highest BCUT2D eigenvalue weighted by atomic mass is 19.1. The maximum absolute atomic E-state index is 13.7. The van der Waals surface area contributed by atoms with Gasteiger partial charge in [-0.2, -0.15) is 0 Å². The van der Waals surface area contributed by atoms with Crippen LogP contribution in [0.5, 0.6) is 5.75 Å². The van der Waals surface area contributed by atoms with Crippen molar-refractivity contribution in [3.8, 4) is 5.75 Å². The van der Waals surface area contributed by atoms with E-state index in [0.717, 1.165) is 31.7 Å². The van der Waals surface area contributed by atoms with Gasteiger partial charge in [0.15, 0.2) is 11.6 Å². The van der Waals surface area contributed by atoms with Crippen molar-refractivity contribution in [1.29, 1.82) is 0 Å². The number of fused-ring (bicyclic) bond motifs is 1. The maximum atomic E-state index is 13.7. The molecule has 1 aliphatic heterocycles. The SMILES string of the molecule is O=C1NCCN1CCNCc1cn(CCOc2ccccc2F)c2ccccc12. The number of hydrogen-bond donors (Lipinski definition) is 2. The van der Waals surface area contributed by atoms with E-state index in [9.17, 15) is 9.18 Å². The van der Waals surface area contributed by atoms with Crippen molar-refractivity contribution >= 4 is 16.9 Å². The molecule has 0 spiro atoms. The molecule has 7 heteroatoms. The summed E-state index contributed by atoms with van der Waals surface area (Å²) >= 11 is 0. The van der Waals surface area contributed by atoms with Crippen LogP contribution in [0.4, 0.5) is 9.18 Å². The number of hydrogen-bond acceptors (Lipinski definition) is 3. The van der Waals surface area contributed by atoms with E-state index in [2.05, 4.69) is 33.5 Å². The minimum atomic E-state index is -0.346. The van der Waals surface area contributed by atoms with Crippen molar-refractivity contribution in [2.45, 2.75) is 13.1 Å². The summed E-state index contributed by atoms with van der Waals surface area (Å²) in [6, 6.07) is 14.7. The number of carbonyl (C=O) groups excluding carboxylic acids is 1. The van der Waals surface area contributed by atoms with Crippen molar-refractivity contribution in [2.75, 3.05) is 32.8 Å². The molecule has 0 unspecified atom stereocenters. The first-order chi connectivity index (χ1) is 14.2. The van der Waals surface area contributed by atoms with Gasteiger partial charge in [-0.1, -0.05) is 30.3 Å². The minimum Gasteiger partial charge on any atom is -0.489 e. The fourth-order valence-electron chi connectivity index (χ4n) is 3.63. The van der Waals surface area contributed by atoms with Crippen LogP contribution in [0.3, 0.4) is 0 Å². The normalized spacial score (nSPS) is 13.8. The van der Waals surface area contributed by atoms with Gasteiger partial charge in [-0.25, -0.2) is 9.18 Å². The van der Waals surface area contributed by atoms with Crippen molar-refractivity contribution in [2.24, 2.45) is 0 Å². The van der Waals surface area contributed by atoms with Gasteiger partial charge in [0.25, 0.3) is 0 Å². The molecule has 0 aliphatic carbocycles. The summed E-state index contributed by atoms with van der Waals surface area (Å²) in [7, 11) is 0. The van der Waals surface area contributed by atoms with Crippen molar-refractivity contribution < 1.29 is 13.9 Å². The van der Waals surface area contributed by atoms with Gasteiger partial charge >= 0.3 is 6.03 Å². The number of aromatic nitrogens is 1. The van der Waals surface area contributed by atoms with E-state index in [0.29, 0.717) is 19.7 Å². The van der Waals surface area contributed by atoms with E-state index in [1.165, 1.54) is 17.0 Å². The lowest BCUT2D eigenvalue weighted by atomic mass is 10.2. The molecule has 0 atom stereocenters. The molecule has 2 amide bonds. The Morgan fingerprint density at radius 2 is 1.93 bits per heavy atom. The molecular formula is C22H25FN4O2. The molecule has 0 radical (unpaired) electrons. The summed E-state index contributed by atoms with van der Waals surface area (Å²) in [4.78, 5) is 13.4. The molecule has 152 valence electrons. The second-order valence-corrected chi connectivity index (χ2v) is 7.04. The van der Waals surface area contributed by atoms with Gasteiger partial charge < -0.3 is 24.8 Å². The van der Waals surface area contributed by atoms with Gasteiger partial charge in [-0.15, -0.1) is 0 Å². The van der Waals surface area contributed by atoms with Gasteiger partial charge in [-0.05, 0) is 23.8 Å². The van der Waals surface area contributed by atoms with Crippen LogP contribution < -0.4 is 15.4 Å². The van der Waals surface area contributed by atoms with E-state index < -0.39 is 0 Å². The van der Waals surface area contributed by atoms with Crippen LogP contribution in [0.1, 0.15) is 5.56 Å². The highest BCUT2D eigenvalue weighted by molar-refractivity contribution is 5.84. The molecule has 1 aliphatic rings. The lowest BCUT2D eigenvalue weighted by Crippen LogP contribution is -2.34. The summed E-state index contributed by atoms with van der Waals surface area (Å²) in [5.41, 5.74) is 2.32. The summed E-state index contributed by atoms with van der Waals surface area (Å²) < 4.78 is 21.5. The first kappa shape index (κ1) is 19.3. The molecule has 2 heterocycles. The van der Waals surface area contributed by atoms with E-state index in [1.54, 1.807) is 18.2 Å². The van der Waals surface area contributed by atoms with Gasteiger partial charge in [-0.3, -0.25) is 0 Å². The van der Waals surface area contributed by atoms with Gasteiger partial charge in [0.05, 0.1) is 6.54 Å². The highest BCUT2D eigenvalue weighted by Crippen LogP contribution is 2.22. The predicted octanol–water partition coefficient (Wildman–Crippen LogP) is 2.97. The molecule has 2 N–H and O–H groups in total. The van der Waals surface area contributed by atoms with Crippen LogP contribution in [0, 0.1) is 5.82 Å². The molecule has 1 aromatic heterocycles. The Bertz CT molecular complexity index is 988. The zero-order chi connectivity index (χ0) is 20.1. The number of carbonyl (C=O) groups is 1. The number of halogens is 1.